The summed E-state index contributed by atoms with van der Waals surface area (Å²) in [6, 6.07) is 12.7. The maximum atomic E-state index is 14.4. The fourth-order valence-corrected chi connectivity index (χ4v) is 3.26. The summed E-state index contributed by atoms with van der Waals surface area (Å²) in [7, 11) is 0. The molecule has 0 aliphatic heterocycles. The van der Waals surface area contributed by atoms with Crippen molar-refractivity contribution in [2.45, 2.75) is 6.92 Å². The van der Waals surface area contributed by atoms with Gasteiger partial charge in [-0.3, -0.25) is 9.36 Å². The van der Waals surface area contributed by atoms with E-state index in [1.165, 1.54) is 31.5 Å². The number of anilines is 1. The molecule has 150 valence electrons. The Morgan fingerprint density at radius 1 is 1.03 bits per heavy atom. The summed E-state index contributed by atoms with van der Waals surface area (Å²) in [6.45, 7) is 1.35. The predicted molar refractivity (Wildman–Crippen MR) is 108 cm³/mol. The van der Waals surface area contributed by atoms with Crippen LogP contribution in [0.15, 0.2) is 60.9 Å². The highest BCUT2D eigenvalue weighted by atomic mass is 19.1. The number of fused-ring (bicyclic) bond motifs is 1. The second-order valence-corrected chi connectivity index (χ2v) is 6.70. The number of carbonyl (C=O) groups is 2. The highest BCUT2D eigenvalue weighted by molar-refractivity contribution is 5.93. The number of hydrogen-bond acceptors (Lipinski definition) is 3. The highest BCUT2D eigenvalue weighted by Gasteiger charge is 2.13. The summed E-state index contributed by atoms with van der Waals surface area (Å²) < 4.78 is 29.4. The number of carbonyl (C=O) groups excluding carboxylic acids is 1. The van der Waals surface area contributed by atoms with Gasteiger partial charge in [0.25, 0.3) is 0 Å². The minimum atomic E-state index is -1.06. The van der Waals surface area contributed by atoms with Crippen LogP contribution in [0.5, 0.6) is 0 Å². The Morgan fingerprint density at radius 2 is 1.83 bits per heavy atom. The smallest absolute Gasteiger partial charge is 0.335 e. The number of nitrogens with one attached hydrogen (secondary N) is 1. The first-order chi connectivity index (χ1) is 14.3. The van der Waals surface area contributed by atoms with Gasteiger partial charge in [0, 0.05) is 29.9 Å². The average molecular weight is 407 g/mol. The number of imidazole rings is 1. The lowest BCUT2D eigenvalue weighted by molar-refractivity contribution is -0.114. The molecule has 0 radical (unpaired) electrons. The number of benzene rings is 3. The minimum Gasteiger partial charge on any atom is -0.478 e. The van der Waals surface area contributed by atoms with E-state index in [1.807, 2.05) is 0 Å². The predicted octanol–water partition coefficient (Wildman–Crippen LogP) is 4.63. The Balaban J connectivity index is 1.90. The van der Waals surface area contributed by atoms with Gasteiger partial charge < -0.3 is 10.4 Å². The van der Waals surface area contributed by atoms with Crippen molar-refractivity contribution < 1.29 is 23.5 Å². The number of halogens is 2. The molecule has 0 unspecified atom stereocenters. The molecule has 8 heteroatoms. The third kappa shape index (κ3) is 3.62. The van der Waals surface area contributed by atoms with Crippen LogP contribution in [0.25, 0.3) is 27.8 Å². The molecule has 2 N–H and O–H groups in total. The molecular weight excluding hydrogens is 392 g/mol. The number of amides is 1. The second kappa shape index (κ2) is 7.40. The van der Waals surface area contributed by atoms with Crippen molar-refractivity contribution in [3.05, 3.63) is 78.1 Å². The molecule has 4 rings (SSSR count). The summed E-state index contributed by atoms with van der Waals surface area (Å²) in [5.74, 6) is -2.79. The van der Waals surface area contributed by atoms with Crippen molar-refractivity contribution in [1.29, 1.82) is 0 Å². The molecule has 0 saturated carbocycles. The number of hydrogen-bond donors (Lipinski definition) is 2. The van der Waals surface area contributed by atoms with Crippen LogP contribution in [-0.4, -0.2) is 26.5 Å². The van der Waals surface area contributed by atoms with Gasteiger partial charge in [0.05, 0.1) is 16.6 Å². The molecule has 0 aliphatic rings. The lowest BCUT2D eigenvalue weighted by atomic mass is 10.0. The Morgan fingerprint density at radius 3 is 2.53 bits per heavy atom. The van der Waals surface area contributed by atoms with Gasteiger partial charge in [-0.25, -0.2) is 18.6 Å². The molecular formula is C22H15F2N3O3. The molecule has 3 aromatic carbocycles. The third-order valence-corrected chi connectivity index (χ3v) is 4.55. The molecule has 0 fully saturated rings. The quantitative estimate of drug-likeness (QED) is 0.517. The van der Waals surface area contributed by atoms with Crippen LogP contribution in [0.4, 0.5) is 14.5 Å². The maximum absolute atomic E-state index is 14.4. The summed E-state index contributed by atoms with van der Waals surface area (Å²) >= 11 is 0. The van der Waals surface area contributed by atoms with E-state index in [1.54, 1.807) is 28.8 Å². The molecule has 30 heavy (non-hydrogen) atoms. The molecule has 1 aromatic heterocycles. The standard InChI is InChI=1S/C22H15F2N3O3/c1-12(28)26-16-6-14(18-4-3-15(23)9-19(18)24)7-17(10-16)27-11-25-20-8-13(22(29)30)2-5-21(20)27/h2-11H,1H3,(H,26,28)(H,29,30). The molecule has 0 saturated heterocycles. The molecule has 0 bridgehead atoms. The highest BCUT2D eigenvalue weighted by Crippen LogP contribution is 2.30. The zero-order valence-electron chi connectivity index (χ0n) is 15.7. The van der Waals surface area contributed by atoms with E-state index in [2.05, 4.69) is 10.3 Å². The van der Waals surface area contributed by atoms with E-state index < -0.39 is 17.6 Å². The number of aromatic carboxylic acids is 1. The monoisotopic (exact) mass is 407 g/mol. The second-order valence-electron chi connectivity index (χ2n) is 6.70. The zero-order chi connectivity index (χ0) is 21.4. The van der Waals surface area contributed by atoms with E-state index in [9.17, 15) is 18.4 Å². The van der Waals surface area contributed by atoms with Gasteiger partial charge in [0.15, 0.2) is 0 Å². The molecule has 0 spiro atoms. The topological polar surface area (TPSA) is 84.2 Å². The zero-order valence-corrected chi connectivity index (χ0v) is 15.7. The Bertz CT molecular complexity index is 1310. The summed E-state index contributed by atoms with van der Waals surface area (Å²) in [5, 5.41) is 11.8. The fraction of sp³-hybridized carbons (Fsp3) is 0.0455. The third-order valence-electron chi connectivity index (χ3n) is 4.55. The van der Waals surface area contributed by atoms with Gasteiger partial charge in [0.2, 0.25) is 5.91 Å². The van der Waals surface area contributed by atoms with Crippen LogP contribution in [0.1, 0.15) is 17.3 Å². The summed E-state index contributed by atoms with van der Waals surface area (Å²) in [6.07, 6.45) is 1.51. The van der Waals surface area contributed by atoms with Crippen molar-refractivity contribution in [3.8, 4) is 16.8 Å². The van der Waals surface area contributed by atoms with Gasteiger partial charge >= 0.3 is 5.97 Å². The lowest BCUT2D eigenvalue weighted by Crippen LogP contribution is -2.07. The number of rotatable bonds is 4. The number of carboxylic acid groups (broad SMARTS) is 1. The van der Waals surface area contributed by atoms with Gasteiger partial charge in [-0.2, -0.15) is 0 Å². The Labute approximate surface area is 169 Å². The molecule has 0 atom stereocenters. The molecule has 1 heterocycles. The SMILES string of the molecule is CC(=O)Nc1cc(-c2ccc(F)cc2F)cc(-n2cnc3cc(C(=O)O)ccc32)c1. The van der Waals surface area contributed by atoms with E-state index in [-0.39, 0.29) is 17.0 Å². The molecule has 0 aliphatic carbocycles. The summed E-state index contributed by atoms with van der Waals surface area (Å²) in [4.78, 5) is 27.0. The van der Waals surface area contributed by atoms with Crippen molar-refractivity contribution in [1.82, 2.24) is 9.55 Å². The first-order valence-electron chi connectivity index (χ1n) is 8.91. The van der Waals surface area contributed by atoms with Crippen molar-refractivity contribution in [3.63, 3.8) is 0 Å². The van der Waals surface area contributed by atoms with Crippen LogP contribution in [0.3, 0.4) is 0 Å². The van der Waals surface area contributed by atoms with Gasteiger partial charge in [-0.15, -0.1) is 0 Å². The number of carboxylic acids is 1. The number of aromatic nitrogens is 2. The lowest BCUT2D eigenvalue weighted by Gasteiger charge is -2.13. The minimum absolute atomic E-state index is 0.105. The average Bonchev–Trinajstić information content (AvgIpc) is 3.10. The molecule has 1 amide bonds. The maximum Gasteiger partial charge on any atom is 0.335 e. The van der Waals surface area contributed by atoms with Gasteiger partial charge in [-0.05, 0) is 54.1 Å². The van der Waals surface area contributed by atoms with Crippen LogP contribution in [0, 0.1) is 11.6 Å². The van der Waals surface area contributed by atoms with E-state index >= 15 is 0 Å². The van der Waals surface area contributed by atoms with Crippen molar-refractivity contribution in [2.75, 3.05) is 5.32 Å². The Kier molecular flexibility index (Phi) is 4.75. The first kappa shape index (κ1) is 19.3. The van der Waals surface area contributed by atoms with E-state index in [4.69, 9.17) is 5.11 Å². The molecule has 4 aromatic rings. The summed E-state index contributed by atoms with van der Waals surface area (Å²) in [5.41, 5.74) is 2.78. The largest absolute Gasteiger partial charge is 0.478 e. The normalized spacial score (nSPS) is 10.9. The van der Waals surface area contributed by atoms with Crippen molar-refractivity contribution in [2.24, 2.45) is 0 Å². The first-order valence-corrected chi connectivity index (χ1v) is 8.91. The van der Waals surface area contributed by atoms with Crippen LogP contribution < -0.4 is 5.32 Å². The van der Waals surface area contributed by atoms with E-state index in [0.29, 0.717) is 28.0 Å². The van der Waals surface area contributed by atoms with Crippen LogP contribution in [0.2, 0.25) is 0 Å². The molecule has 6 nitrogen and oxygen atoms in total. The fourth-order valence-electron chi connectivity index (χ4n) is 3.26. The van der Waals surface area contributed by atoms with Crippen LogP contribution in [-0.2, 0) is 4.79 Å². The van der Waals surface area contributed by atoms with E-state index in [0.717, 1.165) is 12.1 Å². The number of nitrogens with zero attached hydrogens (tertiary/aromatic N) is 2. The van der Waals surface area contributed by atoms with Gasteiger partial charge in [0.1, 0.15) is 18.0 Å². The van der Waals surface area contributed by atoms with Crippen LogP contribution >= 0.6 is 0 Å². The van der Waals surface area contributed by atoms with Crippen molar-refractivity contribution >= 4 is 28.6 Å². The van der Waals surface area contributed by atoms with Gasteiger partial charge in [-0.1, -0.05) is 0 Å². The Hall–Kier alpha value is -4.07.